The highest BCUT2D eigenvalue weighted by Gasteiger charge is 2.37. The molecule has 6 heteroatoms. The van der Waals surface area contributed by atoms with Gasteiger partial charge in [0.25, 0.3) is 0 Å². The molecule has 144 valence electrons. The summed E-state index contributed by atoms with van der Waals surface area (Å²) >= 11 is 0. The van der Waals surface area contributed by atoms with Gasteiger partial charge in [-0.1, -0.05) is 48.5 Å². The van der Waals surface area contributed by atoms with Crippen molar-refractivity contribution < 1.29 is 9.53 Å². The number of hydrogen-bond donors (Lipinski definition) is 0. The number of carbonyl (C=O) groups is 1. The second-order valence-corrected chi connectivity index (χ2v) is 7.58. The van der Waals surface area contributed by atoms with Crippen LogP contribution in [0.1, 0.15) is 11.6 Å². The maximum Gasteiger partial charge on any atom is 0.244 e. The van der Waals surface area contributed by atoms with E-state index in [4.69, 9.17) is 4.74 Å². The number of rotatable bonds is 3. The number of nitrogens with zero attached hydrogens (tertiary/aromatic N) is 4. The van der Waals surface area contributed by atoms with Crippen LogP contribution in [0.3, 0.4) is 0 Å². The van der Waals surface area contributed by atoms with Gasteiger partial charge in [0.15, 0.2) is 0 Å². The van der Waals surface area contributed by atoms with Crippen LogP contribution in [0.2, 0.25) is 0 Å². The van der Waals surface area contributed by atoms with Gasteiger partial charge in [-0.2, -0.15) is 5.10 Å². The standard InChI is InChI=1S/C22H24N4O2/c27-22(14-25-12-18-8-4-5-9-20(18)23-25)24-10-11-26-19(13-24)15-28-16-21(26)17-6-2-1-3-7-17/h1-9,12,19,21H,10-11,13-16H2/t19-,21-/m1/s1. The Balaban J connectivity index is 1.26. The molecular weight excluding hydrogens is 352 g/mol. The fourth-order valence-corrected chi connectivity index (χ4v) is 4.36. The minimum absolute atomic E-state index is 0.120. The van der Waals surface area contributed by atoms with Gasteiger partial charge in [0.1, 0.15) is 6.54 Å². The monoisotopic (exact) mass is 376 g/mol. The van der Waals surface area contributed by atoms with Gasteiger partial charge < -0.3 is 9.64 Å². The van der Waals surface area contributed by atoms with Crippen molar-refractivity contribution in [3.63, 3.8) is 0 Å². The van der Waals surface area contributed by atoms with Gasteiger partial charge in [0, 0.05) is 31.2 Å². The van der Waals surface area contributed by atoms with E-state index in [1.807, 2.05) is 41.4 Å². The molecule has 0 saturated carbocycles. The lowest BCUT2D eigenvalue weighted by atomic mass is 10.00. The lowest BCUT2D eigenvalue weighted by molar-refractivity contribution is -0.140. The first-order chi connectivity index (χ1) is 13.8. The molecule has 2 aliphatic heterocycles. The number of hydrogen-bond acceptors (Lipinski definition) is 4. The third-order valence-corrected chi connectivity index (χ3v) is 5.81. The number of ether oxygens (including phenoxy) is 1. The van der Waals surface area contributed by atoms with E-state index in [0.29, 0.717) is 19.8 Å². The van der Waals surface area contributed by atoms with Crippen molar-refractivity contribution in [1.82, 2.24) is 19.6 Å². The summed E-state index contributed by atoms with van der Waals surface area (Å²) in [4.78, 5) is 17.3. The molecule has 28 heavy (non-hydrogen) atoms. The Hall–Kier alpha value is -2.70. The summed E-state index contributed by atoms with van der Waals surface area (Å²) in [7, 11) is 0. The highest BCUT2D eigenvalue weighted by molar-refractivity contribution is 5.80. The largest absolute Gasteiger partial charge is 0.378 e. The molecule has 0 aliphatic carbocycles. The third-order valence-electron chi connectivity index (χ3n) is 5.81. The van der Waals surface area contributed by atoms with Crippen molar-refractivity contribution >= 4 is 16.8 Å². The number of fused-ring (bicyclic) bond motifs is 2. The van der Waals surface area contributed by atoms with Crippen LogP contribution >= 0.6 is 0 Å². The molecule has 3 aromatic rings. The Kier molecular flexibility index (Phi) is 4.58. The minimum atomic E-state index is 0.120. The molecule has 5 rings (SSSR count). The first-order valence-corrected chi connectivity index (χ1v) is 9.86. The predicted molar refractivity (Wildman–Crippen MR) is 107 cm³/mol. The molecule has 0 unspecified atom stereocenters. The molecule has 1 aromatic heterocycles. The summed E-state index contributed by atoms with van der Waals surface area (Å²) in [5.74, 6) is 0.120. The van der Waals surface area contributed by atoms with Gasteiger partial charge in [0.05, 0.1) is 30.8 Å². The Bertz CT molecular complexity index is 938. The number of aromatic nitrogens is 2. The molecule has 0 spiro atoms. The summed E-state index contributed by atoms with van der Waals surface area (Å²) in [6.45, 7) is 4.01. The summed E-state index contributed by atoms with van der Waals surface area (Å²) in [6.07, 6.45) is 1.94. The van der Waals surface area contributed by atoms with Crippen LogP contribution in [0.15, 0.2) is 60.8 Å². The molecule has 2 aliphatic rings. The van der Waals surface area contributed by atoms with E-state index < -0.39 is 0 Å². The van der Waals surface area contributed by atoms with Crippen molar-refractivity contribution in [1.29, 1.82) is 0 Å². The predicted octanol–water partition coefficient (Wildman–Crippen LogP) is 2.32. The van der Waals surface area contributed by atoms with Crippen LogP contribution in [-0.2, 0) is 16.1 Å². The zero-order valence-electron chi connectivity index (χ0n) is 15.8. The maximum absolute atomic E-state index is 12.9. The molecule has 3 heterocycles. The van der Waals surface area contributed by atoms with Crippen molar-refractivity contribution in [3.8, 4) is 0 Å². The van der Waals surface area contributed by atoms with E-state index in [0.717, 1.165) is 24.0 Å². The van der Waals surface area contributed by atoms with E-state index in [2.05, 4.69) is 34.3 Å². The lowest BCUT2D eigenvalue weighted by Gasteiger charge is -2.48. The number of amides is 1. The van der Waals surface area contributed by atoms with Crippen molar-refractivity contribution in [2.24, 2.45) is 0 Å². The zero-order valence-corrected chi connectivity index (χ0v) is 15.8. The Labute approximate surface area is 164 Å². The first-order valence-electron chi connectivity index (χ1n) is 9.86. The van der Waals surface area contributed by atoms with Crippen LogP contribution < -0.4 is 0 Å². The summed E-state index contributed by atoms with van der Waals surface area (Å²) in [5, 5.41) is 5.58. The minimum Gasteiger partial charge on any atom is -0.378 e. The lowest BCUT2D eigenvalue weighted by Crippen LogP contribution is -2.60. The fraction of sp³-hybridized carbons (Fsp3) is 0.364. The quantitative estimate of drug-likeness (QED) is 0.704. The topological polar surface area (TPSA) is 50.6 Å². The van der Waals surface area contributed by atoms with Crippen LogP contribution in [0.25, 0.3) is 10.9 Å². The molecule has 0 radical (unpaired) electrons. The number of morpholine rings is 1. The first kappa shape index (κ1) is 17.4. The normalized spacial score (nSPS) is 22.9. The Morgan fingerprint density at radius 1 is 1.04 bits per heavy atom. The van der Waals surface area contributed by atoms with E-state index in [1.54, 1.807) is 4.68 Å². The molecule has 2 saturated heterocycles. The van der Waals surface area contributed by atoms with Crippen molar-refractivity contribution in [3.05, 3.63) is 66.4 Å². The van der Waals surface area contributed by atoms with Gasteiger partial charge >= 0.3 is 0 Å². The maximum atomic E-state index is 12.9. The second-order valence-electron chi connectivity index (χ2n) is 7.58. The third kappa shape index (κ3) is 3.30. The van der Waals surface area contributed by atoms with Gasteiger partial charge in [-0.05, 0) is 11.6 Å². The molecule has 0 N–H and O–H groups in total. The van der Waals surface area contributed by atoms with Crippen LogP contribution in [0, 0.1) is 0 Å². The Morgan fingerprint density at radius 3 is 2.71 bits per heavy atom. The highest BCUT2D eigenvalue weighted by atomic mass is 16.5. The molecule has 1 amide bonds. The van der Waals surface area contributed by atoms with Crippen LogP contribution in [0.5, 0.6) is 0 Å². The van der Waals surface area contributed by atoms with Crippen LogP contribution in [-0.4, -0.2) is 64.4 Å². The van der Waals surface area contributed by atoms with E-state index in [9.17, 15) is 4.79 Å². The Morgan fingerprint density at radius 2 is 1.86 bits per heavy atom. The average Bonchev–Trinajstić information content (AvgIpc) is 3.15. The van der Waals surface area contributed by atoms with Gasteiger partial charge in [-0.3, -0.25) is 14.4 Å². The highest BCUT2D eigenvalue weighted by Crippen LogP contribution is 2.29. The van der Waals surface area contributed by atoms with E-state index in [-0.39, 0.29) is 24.5 Å². The molecule has 6 nitrogen and oxygen atoms in total. The summed E-state index contributed by atoms with van der Waals surface area (Å²) in [6, 6.07) is 19.0. The average molecular weight is 376 g/mol. The van der Waals surface area contributed by atoms with Gasteiger partial charge in [0.2, 0.25) is 5.91 Å². The number of carbonyl (C=O) groups excluding carboxylic acids is 1. The summed E-state index contributed by atoms with van der Waals surface area (Å²) in [5.41, 5.74) is 2.21. The smallest absolute Gasteiger partial charge is 0.244 e. The molecule has 2 atom stereocenters. The van der Waals surface area contributed by atoms with Gasteiger partial charge in [-0.25, -0.2) is 0 Å². The zero-order chi connectivity index (χ0) is 18.9. The molecule has 2 aromatic carbocycles. The van der Waals surface area contributed by atoms with Crippen molar-refractivity contribution in [2.45, 2.75) is 18.6 Å². The summed E-state index contributed by atoms with van der Waals surface area (Å²) < 4.78 is 7.65. The fourth-order valence-electron chi connectivity index (χ4n) is 4.36. The van der Waals surface area contributed by atoms with Gasteiger partial charge in [-0.15, -0.1) is 0 Å². The molecular formula is C22H24N4O2. The van der Waals surface area contributed by atoms with E-state index in [1.165, 1.54) is 5.56 Å². The number of piperazine rings is 1. The van der Waals surface area contributed by atoms with Crippen LogP contribution in [0.4, 0.5) is 0 Å². The second kappa shape index (κ2) is 7.37. The molecule has 2 fully saturated rings. The molecule has 0 bridgehead atoms. The van der Waals surface area contributed by atoms with Crippen molar-refractivity contribution in [2.75, 3.05) is 32.8 Å². The van der Waals surface area contributed by atoms with E-state index >= 15 is 0 Å². The SMILES string of the molecule is O=C(Cn1cc2ccccc2n1)N1CCN2[C@@H](COC[C@@H]2c2ccccc2)C1. The number of benzene rings is 2.